The standard InChI is InChI=1S/C16H25N5O2/c22-15(4-3-9-21-13-17-12-18-21)19-10-5-14(6-11-19)16(23)20-7-1-2-8-20/h12-14H,1-11H2. The molecule has 2 aliphatic heterocycles. The first kappa shape index (κ1) is 16.0. The van der Waals surface area contributed by atoms with Crippen molar-refractivity contribution in [1.82, 2.24) is 24.6 Å². The van der Waals surface area contributed by atoms with Gasteiger partial charge in [0.25, 0.3) is 0 Å². The van der Waals surface area contributed by atoms with Gasteiger partial charge in [0.2, 0.25) is 11.8 Å². The molecule has 3 heterocycles. The molecule has 23 heavy (non-hydrogen) atoms. The van der Waals surface area contributed by atoms with Crippen LogP contribution in [0.1, 0.15) is 38.5 Å². The lowest BCUT2D eigenvalue weighted by atomic mass is 9.95. The van der Waals surface area contributed by atoms with Crippen molar-refractivity contribution in [3.05, 3.63) is 12.7 Å². The SMILES string of the molecule is O=C(CCCn1cncn1)N1CCC(C(=O)N2CCCC2)CC1. The zero-order chi connectivity index (χ0) is 16.1. The summed E-state index contributed by atoms with van der Waals surface area (Å²) in [4.78, 5) is 32.4. The number of likely N-dealkylation sites (tertiary alicyclic amines) is 2. The molecule has 0 atom stereocenters. The van der Waals surface area contributed by atoms with Gasteiger partial charge in [-0.25, -0.2) is 4.98 Å². The van der Waals surface area contributed by atoms with E-state index in [2.05, 4.69) is 10.1 Å². The van der Waals surface area contributed by atoms with Crippen LogP contribution in [0.4, 0.5) is 0 Å². The van der Waals surface area contributed by atoms with E-state index in [1.165, 1.54) is 6.33 Å². The first-order valence-corrected chi connectivity index (χ1v) is 8.63. The Hall–Kier alpha value is -1.92. The van der Waals surface area contributed by atoms with E-state index < -0.39 is 0 Å². The Morgan fingerprint density at radius 1 is 1.04 bits per heavy atom. The fourth-order valence-electron chi connectivity index (χ4n) is 3.47. The highest BCUT2D eigenvalue weighted by atomic mass is 16.2. The molecule has 0 aromatic carbocycles. The maximum absolute atomic E-state index is 12.4. The minimum absolute atomic E-state index is 0.118. The quantitative estimate of drug-likeness (QED) is 0.809. The number of rotatable bonds is 5. The number of piperidine rings is 1. The Bertz CT molecular complexity index is 517. The minimum atomic E-state index is 0.118. The van der Waals surface area contributed by atoms with E-state index in [0.717, 1.165) is 51.7 Å². The van der Waals surface area contributed by atoms with Crippen LogP contribution in [0.5, 0.6) is 0 Å². The summed E-state index contributed by atoms with van der Waals surface area (Å²) in [5, 5.41) is 4.03. The highest BCUT2D eigenvalue weighted by molar-refractivity contribution is 5.80. The van der Waals surface area contributed by atoms with Gasteiger partial charge in [0.1, 0.15) is 12.7 Å². The van der Waals surface area contributed by atoms with Crippen molar-refractivity contribution in [2.24, 2.45) is 5.92 Å². The number of carbonyl (C=O) groups excluding carboxylic acids is 2. The van der Waals surface area contributed by atoms with E-state index in [9.17, 15) is 9.59 Å². The summed E-state index contributed by atoms with van der Waals surface area (Å²) in [6.45, 7) is 3.98. The Morgan fingerprint density at radius 2 is 1.78 bits per heavy atom. The maximum Gasteiger partial charge on any atom is 0.225 e. The number of amides is 2. The number of aryl methyl sites for hydroxylation is 1. The topological polar surface area (TPSA) is 71.3 Å². The Kier molecular flexibility index (Phi) is 5.25. The van der Waals surface area contributed by atoms with Crippen LogP contribution in [0, 0.1) is 5.92 Å². The smallest absolute Gasteiger partial charge is 0.225 e. The molecule has 7 nitrogen and oxygen atoms in total. The minimum Gasteiger partial charge on any atom is -0.343 e. The highest BCUT2D eigenvalue weighted by Gasteiger charge is 2.30. The molecule has 3 rings (SSSR count). The van der Waals surface area contributed by atoms with Gasteiger partial charge in [-0.1, -0.05) is 0 Å². The predicted octanol–water partition coefficient (Wildman–Crippen LogP) is 0.919. The molecular formula is C16H25N5O2. The van der Waals surface area contributed by atoms with Crippen molar-refractivity contribution in [2.45, 2.75) is 45.1 Å². The third-order valence-corrected chi connectivity index (χ3v) is 4.86. The summed E-state index contributed by atoms with van der Waals surface area (Å²) in [6.07, 6.45) is 8.36. The van der Waals surface area contributed by atoms with Crippen molar-refractivity contribution < 1.29 is 9.59 Å². The summed E-state index contributed by atoms with van der Waals surface area (Å²) in [7, 11) is 0. The average molecular weight is 319 g/mol. The normalized spacial score (nSPS) is 19.3. The van der Waals surface area contributed by atoms with E-state index in [1.54, 1.807) is 11.0 Å². The van der Waals surface area contributed by atoms with E-state index in [0.29, 0.717) is 25.4 Å². The van der Waals surface area contributed by atoms with Crippen LogP contribution in [-0.4, -0.2) is 62.6 Å². The number of hydrogen-bond acceptors (Lipinski definition) is 4. The second-order valence-electron chi connectivity index (χ2n) is 6.45. The first-order chi connectivity index (χ1) is 11.2. The molecule has 0 bridgehead atoms. The lowest BCUT2D eigenvalue weighted by molar-refractivity contribution is -0.140. The summed E-state index contributed by atoms with van der Waals surface area (Å²) in [6, 6.07) is 0. The molecule has 2 aliphatic rings. The Labute approximate surface area is 136 Å². The van der Waals surface area contributed by atoms with Crippen molar-refractivity contribution in [1.29, 1.82) is 0 Å². The zero-order valence-corrected chi connectivity index (χ0v) is 13.6. The van der Waals surface area contributed by atoms with Crippen molar-refractivity contribution >= 4 is 11.8 Å². The second kappa shape index (κ2) is 7.57. The summed E-state index contributed by atoms with van der Waals surface area (Å²) >= 11 is 0. The lowest BCUT2D eigenvalue weighted by Crippen LogP contribution is -2.43. The third-order valence-electron chi connectivity index (χ3n) is 4.86. The molecule has 0 N–H and O–H groups in total. The van der Waals surface area contributed by atoms with Gasteiger partial charge in [-0.05, 0) is 32.1 Å². The van der Waals surface area contributed by atoms with Crippen LogP contribution >= 0.6 is 0 Å². The maximum atomic E-state index is 12.4. The average Bonchev–Trinajstić information content (AvgIpc) is 3.28. The fourth-order valence-corrected chi connectivity index (χ4v) is 3.47. The molecule has 7 heteroatoms. The molecule has 0 saturated carbocycles. The van der Waals surface area contributed by atoms with Crippen molar-refractivity contribution in [2.75, 3.05) is 26.2 Å². The number of carbonyl (C=O) groups is 2. The van der Waals surface area contributed by atoms with Gasteiger partial charge >= 0.3 is 0 Å². The number of hydrogen-bond donors (Lipinski definition) is 0. The van der Waals surface area contributed by atoms with Gasteiger partial charge in [-0.3, -0.25) is 14.3 Å². The molecule has 0 spiro atoms. The van der Waals surface area contributed by atoms with Crippen LogP contribution in [0.25, 0.3) is 0 Å². The summed E-state index contributed by atoms with van der Waals surface area (Å²) in [5.41, 5.74) is 0. The Morgan fingerprint density at radius 3 is 2.43 bits per heavy atom. The van der Waals surface area contributed by atoms with Gasteiger partial charge in [0, 0.05) is 45.1 Å². The van der Waals surface area contributed by atoms with Gasteiger partial charge in [0.15, 0.2) is 0 Å². The fraction of sp³-hybridized carbons (Fsp3) is 0.750. The van der Waals surface area contributed by atoms with E-state index in [4.69, 9.17) is 0 Å². The highest BCUT2D eigenvalue weighted by Crippen LogP contribution is 2.22. The molecule has 0 aliphatic carbocycles. The van der Waals surface area contributed by atoms with Gasteiger partial charge in [-0.15, -0.1) is 0 Å². The molecular weight excluding hydrogens is 294 g/mol. The van der Waals surface area contributed by atoms with Gasteiger partial charge < -0.3 is 9.80 Å². The van der Waals surface area contributed by atoms with Crippen molar-refractivity contribution in [3.8, 4) is 0 Å². The van der Waals surface area contributed by atoms with Crippen molar-refractivity contribution in [3.63, 3.8) is 0 Å². The van der Waals surface area contributed by atoms with Crippen LogP contribution < -0.4 is 0 Å². The second-order valence-corrected chi connectivity index (χ2v) is 6.45. The van der Waals surface area contributed by atoms with E-state index in [1.807, 2.05) is 9.80 Å². The van der Waals surface area contributed by atoms with Crippen LogP contribution in [-0.2, 0) is 16.1 Å². The largest absolute Gasteiger partial charge is 0.343 e. The lowest BCUT2D eigenvalue weighted by Gasteiger charge is -2.33. The molecule has 2 amide bonds. The van der Waals surface area contributed by atoms with Crippen LogP contribution in [0.15, 0.2) is 12.7 Å². The van der Waals surface area contributed by atoms with Crippen LogP contribution in [0.2, 0.25) is 0 Å². The molecule has 2 saturated heterocycles. The molecule has 1 aromatic rings. The molecule has 0 unspecified atom stereocenters. The summed E-state index contributed by atoms with van der Waals surface area (Å²) in [5.74, 6) is 0.616. The summed E-state index contributed by atoms with van der Waals surface area (Å²) < 4.78 is 1.74. The molecule has 126 valence electrons. The first-order valence-electron chi connectivity index (χ1n) is 8.63. The molecule has 0 radical (unpaired) electrons. The van der Waals surface area contributed by atoms with Gasteiger partial charge in [0.05, 0.1) is 0 Å². The number of aromatic nitrogens is 3. The molecule has 2 fully saturated rings. The van der Waals surface area contributed by atoms with E-state index in [-0.39, 0.29) is 11.8 Å². The molecule has 1 aromatic heterocycles. The van der Waals surface area contributed by atoms with Gasteiger partial charge in [-0.2, -0.15) is 5.10 Å². The number of nitrogens with zero attached hydrogens (tertiary/aromatic N) is 5. The Balaban J connectivity index is 1.37. The predicted molar refractivity (Wildman–Crippen MR) is 84.4 cm³/mol. The zero-order valence-electron chi connectivity index (χ0n) is 13.6. The third kappa shape index (κ3) is 4.09. The van der Waals surface area contributed by atoms with Crippen LogP contribution in [0.3, 0.4) is 0 Å². The monoisotopic (exact) mass is 319 g/mol. The van der Waals surface area contributed by atoms with E-state index >= 15 is 0 Å².